The molecular formula is C9H10Cl2N2O4. The SMILES string of the molecule is COC(=O)C(C(=O)OC)c1cncc(Cl)n1.Cl. The smallest absolute Gasteiger partial charge is 0.326 e. The fraction of sp³-hybridized carbons (Fsp3) is 0.333. The molecule has 1 rings (SSSR count). The van der Waals surface area contributed by atoms with Crippen molar-refractivity contribution >= 4 is 35.9 Å². The van der Waals surface area contributed by atoms with Gasteiger partial charge in [-0.3, -0.25) is 14.6 Å². The summed E-state index contributed by atoms with van der Waals surface area (Å²) in [5.41, 5.74) is 0.0891. The van der Waals surface area contributed by atoms with Crippen LogP contribution >= 0.6 is 24.0 Å². The molecule has 0 fully saturated rings. The summed E-state index contributed by atoms with van der Waals surface area (Å²) in [6.45, 7) is 0. The predicted octanol–water partition coefficient (Wildman–Crippen LogP) is 0.981. The van der Waals surface area contributed by atoms with E-state index >= 15 is 0 Å². The fourth-order valence-electron chi connectivity index (χ4n) is 1.07. The molecule has 0 spiro atoms. The maximum atomic E-state index is 11.4. The Labute approximate surface area is 109 Å². The van der Waals surface area contributed by atoms with Gasteiger partial charge < -0.3 is 9.47 Å². The minimum absolute atomic E-state index is 0. The third kappa shape index (κ3) is 3.83. The second kappa shape index (κ2) is 7.03. The molecule has 0 saturated heterocycles. The summed E-state index contributed by atoms with van der Waals surface area (Å²) < 4.78 is 8.96. The van der Waals surface area contributed by atoms with Crippen molar-refractivity contribution in [3.8, 4) is 0 Å². The largest absolute Gasteiger partial charge is 0.468 e. The van der Waals surface area contributed by atoms with E-state index in [0.29, 0.717) is 0 Å². The van der Waals surface area contributed by atoms with Crippen LogP contribution in [0.25, 0.3) is 0 Å². The van der Waals surface area contributed by atoms with Crippen LogP contribution < -0.4 is 0 Å². The molecule has 1 aromatic heterocycles. The zero-order chi connectivity index (χ0) is 12.1. The number of nitrogens with zero attached hydrogens (tertiary/aromatic N) is 2. The van der Waals surface area contributed by atoms with E-state index in [1.807, 2.05) is 0 Å². The first-order valence-corrected chi connectivity index (χ1v) is 4.61. The van der Waals surface area contributed by atoms with Crippen molar-refractivity contribution < 1.29 is 19.1 Å². The number of rotatable bonds is 3. The van der Waals surface area contributed by atoms with Gasteiger partial charge in [-0.05, 0) is 0 Å². The number of hydrogen-bond acceptors (Lipinski definition) is 6. The van der Waals surface area contributed by atoms with Crippen LogP contribution in [0.1, 0.15) is 11.6 Å². The Morgan fingerprint density at radius 3 is 2.18 bits per heavy atom. The summed E-state index contributed by atoms with van der Waals surface area (Å²) in [7, 11) is 2.33. The lowest BCUT2D eigenvalue weighted by Crippen LogP contribution is -2.25. The van der Waals surface area contributed by atoms with Crippen LogP contribution in [-0.2, 0) is 19.1 Å². The van der Waals surface area contributed by atoms with Gasteiger partial charge in [0.05, 0.1) is 26.1 Å². The fourth-order valence-corrected chi connectivity index (χ4v) is 1.22. The third-order valence-electron chi connectivity index (χ3n) is 1.79. The van der Waals surface area contributed by atoms with Crippen LogP contribution in [-0.4, -0.2) is 36.1 Å². The number of carbonyl (C=O) groups excluding carboxylic acids is 2. The second-order valence-electron chi connectivity index (χ2n) is 2.75. The van der Waals surface area contributed by atoms with Crippen LogP contribution in [0.5, 0.6) is 0 Å². The third-order valence-corrected chi connectivity index (χ3v) is 1.98. The highest BCUT2D eigenvalue weighted by atomic mass is 35.5. The molecule has 6 nitrogen and oxygen atoms in total. The monoisotopic (exact) mass is 280 g/mol. The molecule has 1 aromatic rings. The molecule has 0 atom stereocenters. The Kier molecular flexibility index (Phi) is 6.45. The molecule has 0 N–H and O–H groups in total. The van der Waals surface area contributed by atoms with Crippen LogP contribution in [0.4, 0.5) is 0 Å². The molecule has 0 amide bonds. The van der Waals surface area contributed by atoms with Gasteiger partial charge in [-0.15, -0.1) is 12.4 Å². The highest BCUT2D eigenvalue weighted by molar-refractivity contribution is 6.29. The zero-order valence-electron chi connectivity index (χ0n) is 9.05. The van der Waals surface area contributed by atoms with E-state index in [2.05, 4.69) is 19.4 Å². The average Bonchev–Trinajstić information content (AvgIpc) is 2.29. The molecule has 0 aliphatic heterocycles. The van der Waals surface area contributed by atoms with Gasteiger partial charge in [0.2, 0.25) is 0 Å². The van der Waals surface area contributed by atoms with Crippen LogP contribution in [0.3, 0.4) is 0 Å². The maximum Gasteiger partial charge on any atom is 0.326 e. The highest BCUT2D eigenvalue weighted by Gasteiger charge is 2.32. The first kappa shape index (κ1) is 15.6. The topological polar surface area (TPSA) is 78.4 Å². The Morgan fingerprint density at radius 1 is 1.24 bits per heavy atom. The van der Waals surface area contributed by atoms with Gasteiger partial charge in [0.15, 0.2) is 5.92 Å². The van der Waals surface area contributed by atoms with E-state index < -0.39 is 17.9 Å². The van der Waals surface area contributed by atoms with Crippen molar-refractivity contribution in [2.24, 2.45) is 0 Å². The first-order chi connectivity index (χ1) is 7.60. The number of carbonyl (C=O) groups is 2. The highest BCUT2D eigenvalue weighted by Crippen LogP contribution is 2.17. The number of ether oxygens (including phenoxy) is 2. The maximum absolute atomic E-state index is 11.4. The standard InChI is InChI=1S/C9H9ClN2O4.ClH/c1-15-8(13)7(9(14)16-2)5-3-11-4-6(10)12-5;/h3-4,7H,1-2H3;1H. The Morgan fingerprint density at radius 2 is 1.76 bits per heavy atom. The lowest BCUT2D eigenvalue weighted by molar-refractivity contribution is -0.154. The molecule has 94 valence electrons. The van der Waals surface area contributed by atoms with Crippen molar-refractivity contribution in [3.63, 3.8) is 0 Å². The van der Waals surface area contributed by atoms with Crippen molar-refractivity contribution in [1.82, 2.24) is 9.97 Å². The Bertz CT molecular complexity index is 398. The lowest BCUT2D eigenvalue weighted by atomic mass is 10.1. The molecular weight excluding hydrogens is 271 g/mol. The number of hydrogen-bond donors (Lipinski definition) is 0. The lowest BCUT2D eigenvalue weighted by Gasteiger charge is -2.11. The van der Waals surface area contributed by atoms with Gasteiger partial charge in [-0.25, -0.2) is 4.98 Å². The quantitative estimate of drug-likeness (QED) is 0.607. The molecule has 0 unspecified atom stereocenters. The Hall–Kier alpha value is -1.40. The average molecular weight is 281 g/mol. The van der Waals surface area contributed by atoms with E-state index in [0.717, 1.165) is 14.2 Å². The van der Waals surface area contributed by atoms with Crippen LogP contribution in [0.15, 0.2) is 12.4 Å². The first-order valence-electron chi connectivity index (χ1n) is 4.23. The van der Waals surface area contributed by atoms with E-state index in [9.17, 15) is 9.59 Å². The number of aromatic nitrogens is 2. The molecule has 0 saturated carbocycles. The van der Waals surface area contributed by atoms with Crippen molar-refractivity contribution in [2.75, 3.05) is 14.2 Å². The van der Waals surface area contributed by atoms with Gasteiger partial charge in [0, 0.05) is 6.20 Å². The van der Waals surface area contributed by atoms with Crippen LogP contribution in [0.2, 0.25) is 5.15 Å². The molecule has 0 aromatic carbocycles. The van der Waals surface area contributed by atoms with Gasteiger partial charge in [0.1, 0.15) is 5.15 Å². The molecule has 1 heterocycles. The molecule has 0 bridgehead atoms. The summed E-state index contributed by atoms with van der Waals surface area (Å²) in [6, 6.07) is 0. The van der Waals surface area contributed by atoms with E-state index in [-0.39, 0.29) is 23.3 Å². The zero-order valence-corrected chi connectivity index (χ0v) is 10.6. The number of halogens is 2. The van der Waals surface area contributed by atoms with E-state index in [1.54, 1.807) is 0 Å². The Balaban J connectivity index is 0.00000256. The van der Waals surface area contributed by atoms with Gasteiger partial charge in [0.25, 0.3) is 0 Å². The van der Waals surface area contributed by atoms with Gasteiger partial charge in [-0.1, -0.05) is 11.6 Å². The van der Waals surface area contributed by atoms with Gasteiger partial charge in [-0.2, -0.15) is 0 Å². The second-order valence-corrected chi connectivity index (χ2v) is 3.13. The molecule has 0 radical (unpaired) electrons. The minimum Gasteiger partial charge on any atom is -0.468 e. The molecule has 0 aliphatic rings. The predicted molar refractivity (Wildman–Crippen MR) is 61.1 cm³/mol. The minimum atomic E-state index is -1.26. The van der Waals surface area contributed by atoms with E-state index in [1.165, 1.54) is 12.4 Å². The molecule has 8 heteroatoms. The normalized spacial score (nSPS) is 9.41. The summed E-state index contributed by atoms with van der Waals surface area (Å²) in [5, 5.41) is 0.0790. The summed E-state index contributed by atoms with van der Waals surface area (Å²) >= 11 is 5.61. The summed E-state index contributed by atoms with van der Waals surface area (Å²) in [6.07, 6.45) is 2.54. The van der Waals surface area contributed by atoms with E-state index in [4.69, 9.17) is 11.6 Å². The van der Waals surface area contributed by atoms with Crippen molar-refractivity contribution in [2.45, 2.75) is 5.92 Å². The van der Waals surface area contributed by atoms with Crippen LogP contribution in [0, 0.1) is 0 Å². The summed E-state index contributed by atoms with van der Waals surface area (Å²) in [5.74, 6) is -2.81. The summed E-state index contributed by atoms with van der Waals surface area (Å²) in [4.78, 5) is 30.3. The number of esters is 2. The van der Waals surface area contributed by atoms with Crippen molar-refractivity contribution in [3.05, 3.63) is 23.2 Å². The number of methoxy groups -OCH3 is 2. The van der Waals surface area contributed by atoms with Crippen molar-refractivity contribution in [1.29, 1.82) is 0 Å². The van der Waals surface area contributed by atoms with Gasteiger partial charge >= 0.3 is 11.9 Å². The molecule has 0 aliphatic carbocycles. The molecule has 17 heavy (non-hydrogen) atoms.